The fourth-order valence-corrected chi connectivity index (χ4v) is 4.17. The Morgan fingerprint density at radius 1 is 1.09 bits per heavy atom. The van der Waals surface area contributed by atoms with Crippen molar-refractivity contribution in [3.8, 4) is 5.75 Å². The lowest BCUT2D eigenvalue weighted by atomic mass is 10.0. The van der Waals surface area contributed by atoms with Crippen LogP contribution in [0.3, 0.4) is 0 Å². The summed E-state index contributed by atoms with van der Waals surface area (Å²) in [6, 6.07) is 10.1. The number of aromatic nitrogens is 3. The van der Waals surface area contributed by atoms with Gasteiger partial charge in [0.15, 0.2) is 5.58 Å². The number of nitrogens with zero attached hydrogens (tertiary/aromatic N) is 5. The second-order valence-electron chi connectivity index (χ2n) is 8.59. The average molecular weight is 433 g/mol. The van der Waals surface area contributed by atoms with Gasteiger partial charge in [-0.15, -0.1) is 0 Å². The van der Waals surface area contributed by atoms with Crippen LogP contribution >= 0.6 is 0 Å². The number of anilines is 3. The highest BCUT2D eigenvalue weighted by molar-refractivity contribution is 6.04. The number of rotatable bonds is 5. The van der Waals surface area contributed by atoms with Crippen LogP contribution in [0.15, 0.2) is 41.1 Å². The summed E-state index contributed by atoms with van der Waals surface area (Å²) in [5.41, 5.74) is 4.46. The van der Waals surface area contributed by atoms with Crippen LogP contribution in [0, 0.1) is 0 Å². The van der Waals surface area contributed by atoms with Gasteiger partial charge in [0.25, 0.3) is 0 Å². The first-order valence-corrected chi connectivity index (χ1v) is 11.0. The standard InChI is InChI=1S/C24H28N6O2/c1-15(2)22-21-19(32-28-22)8-5-16-14-25-24(27-23(16)21)26-18-7-6-17(13-20(18)31-4)30-11-9-29(3)10-12-30/h5-8,13-15H,9-12H2,1-4H3,(H,25,26,27). The van der Waals surface area contributed by atoms with E-state index in [1.807, 2.05) is 24.4 Å². The summed E-state index contributed by atoms with van der Waals surface area (Å²) in [4.78, 5) is 14.1. The Labute approximate surface area is 187 Å². The highest BCUT2D eigenvalue weighted by Crippen LogP contribution is 2.34. The second kappa shape index (κ2) is 8.27. The van der Waals surface area contributed by atoms with Crippen molar-refractivity contribution in [3.63, 3.8) is 0 Å². The fraction of sp³-hybridized carbons (Fsp3) is 0.375. The van der Waals surface area contributed by atoms with E-state index in [1.54, 1.807) is 7.11 Å². The third-order valence-corrected chi connectivity index (χ3v) is 6.06. The summed E-state index contributed by atoms with van der Waals surface area (Å²) in [7, 11) is 3.84. The Morgan fingerprint density at radius 3 is 2.66 bits per heavy atom. The number of methoxy groups -OCH3 is 1. The Kier molecular flexibility index (Phi) is 5.30. The Hall–Kier alpha value is -3.39. The van der Waals surface area contributed by atoms with Gasteiger partial charge in [-0.3, -0.25) is 0 Å². The van der Waals surface area contributed by atoms with Crippen LogP contribution < -0.4 is 15.0 Å². The molecule has 0 unspecified atom stereocenters. The zero-order valence-corrected chi connectivity index (χ0v) is 18.9. The first-order chi connectivity index (χ1) is 15.5. The molecule has 1 aliphatic rings. The molecule has 1 N–H and O–H groups in total. The third kappa shape index (κ3) is 3.71. The van der Waals surface area contributed by atoms with Crippen LogP contribution in [0.2, 0.25) is 0 Å². The molecule has 8 heteroatoms. The van der Waals surface area contributed by atoms with Gasteiger partial charge in [0.2, 0.25) is 5.95 Å². The van der Waals surface area contributed by atoms with Gasteiger partial charge in [-0.05, 0) is 37.2 Å². The molecule has 0 atom stereocenters. The highest BCUT2D eigenvalue weighted by Gasteiger charge is 2.18. The number of piperazine rings is 1. The maximum Gasteiger partial charge on any atom is 0.227 e. The van der Waals surface area contributed by atoms with Crippen molar-refractivity contribution in [2.75, 3.05) is 50.6 Å². The number of nitrogens with one attached hydrogen (secondary N) is 1. The molecule has 0 spiro atoms. The fourth-order valence-electron chi connectivity index (χ4n) is 4.17. The lowest BCUT2D eigenvalue weighted by Crippen LogP contribution is -2.44. The Balaban J connectivity index is 1.48. The van der Waals surface area contributed by atoms with Crippen molar-refractivity contribution in [2.24, 2.45) is 0 Å². The number of ether oxygens (including phenoxy) is 1. The quantitative estimate of drug-likeness (QED) is 0.497. The van der Waals surface area contributed by atoms with Crippen LogP contribution in [0.1, 0.15) is 25.5 Å². The molecule has 0 aliphatic carbocycles. The SMILES string of the molecule is COc1cc(N2CCN(C)CC2)ccc1Nc1ncc2ccc3onc(C(C)C)c3c2n1. The van der Waals surface area contributed by atoms with Gasteiger partial charge < -0.3 is 24.4 Å². The minimum absolute atomic E-state index is 0.232. The molecular weight excluding hydrogens is 404 g/mol. The van der Waals surface area contributed by atoms with E-state index in [1.165, 1.54) is 0 Å². The normalized spacial score (nSPS) is 15.1. The predicted octanol–water partition coefficient (Wildman–Crippen LogP) is 4.40. The first kappa shape index (κ1) is 20.5. The smallest absolute Gasteiger partial charge is 0.227 e. The second-order valence-corrected chi connectivity index (χ2v) is 8.59. The summed E-state index contributed by atoms with van der Waals surface area (Å²) < 4.78 is 11.2. The maximum atomic E-state index is 5.69. The molecule has 4 aromatic rings. The zero-order chi connectivity index (χ0) is 22.2. The molecule has 1 saturated heterocycles. The number of fused-ring (bicyclic) bond motifs is 3. The lowest BCUT2D eigenvalue weighted by molar-refractivity contribution is 0.312. The van der Waals surface area contributed by atoms with Gasteiger partial charge in [-0.2, -0.15) is 0 Å². The molecule has 0 saturated carbocycles. The summed E-state index contributed by atoms with van der Waals surface area (Å²) in [5.74, 6) is 1.50. The van der Waals surface area contributed by atoms with Crippen molar-refractivity contribution >= 4 is 39.2 Å². The van der Waals surface area contributed by atoms with E-state index >= 15 is 0 Å². The maximum absolute atomic E-state index is 5.69. The van der Waals surface area contributed by atoms with Gasteiger partial charge in [0, 0.05) is 49.5 Å². The van der Waals surface area contributed by atoms with Gasteiger partial charge in [0.1, 0.15) is 5.75 Å². The van der Waals surface area contributed by atoms with E-state index in [0.29, 0.717) is 5.95 Å². The molecule has 32 heavy (non-hydrogen) atoms. The van der Waals surface area contributed by atoms with Crippen molar-refractivity contribution in [1.82, 2.24) is 20.0 Å². The predicted molar refractivity (Wildman–Crippen MR) is 127 cm³/mol. The van der Waals surface area contributed by atoms with E-state index < -0.39 is 0 Å². The molecule has 1 aliphatic heterocycles. The molecular formula is C24H28N6O2. The molecule has 2 aromatic carbocycles. The average Bonchev–Trinajstić information content (AvgIpc) is 3.25. The molecule has 1 fully saturated rings. The number of likely N-dealkylation sites (N-methyl/N-ethyl adjacent to an activating group) is 1. The lowest BCUT2D eigenvalue weighted by Gasteiger charge is -2.34. The van der Waals surface area contributed by atoms with Crippen molar-refractivity contribution in [1.29, 1.82) is 0 Å². The number of hydrogen-bond donors (Lipinski definition) is 1. The van der Waals surface area contributed by atoms with Gasteiger partial charge in [-0.25, -0.2) is 9.97 Å². The van der Waals surface area contributed by atoms with Gasteiger partial charge in [0.05, 0.1) is 29.4 Å². The highest BCUT2D eigenvalue weighted by atomic mass is 16.5. The molecule has 0 bridgehead atoms. The van der Waals surface area contributed by atoms with Gasteiger partial charge >= 0.3 is 0 Å². The monoisotopic (exact) mass is 432 g/mol. The van der Waals surface area contributed by atoms with Crippen LogP contribution in [-0.2, 0) is 0 Å². The molecule has 5 rings (SSSR count). The Morgan fingerprint density at radius 2 is 1.91 bits per heavy atom. The van der Waals surface area contributed by atoms with E-state index in [9.17, 15) is 0 Å². The zero-order valence-electron chi connectivity index (χ0n) is 18.9. The topological polar surface area (TPSA) is 79.5 Å². The largest absolute Gasteiger partial charge is 0.494 e. The van der Waals surface area contributed by atoms with Crippen LogP contribution in [0.4, 0.5) is 17.3 Å². The first-order valence-electron chi connectivity index (χ1n) is 11.0. The summed E-state index contributed by atoms with van der Waals surface area (Å²) >= 11 is 0. The minimum atomic E-state index is 0.232. The number of benzene rings is 2. The van der Waals surface area contributed by atoms with E-state index in [2.05, 4.69) is 58.3 Å². The Bertz CT molecular complexity index is 1260. The van der Waals surface area contributed by atoms with Gasteiger partial charge in [-0.1, -0.05) is 19.0 Å². The van der Waals surface area contributed by atoms with Crippen molar-refractivity contribution in [3.05, 3.63) is 42.2 Å². The molecule has 0 amide bonds. The number of hydrogen-bond acceptors (Lipinski definition) is 8. The molecule has 3 heterocycles. The molecule has 2 aromatic heterocycles. The van der Waals surface area contributed by atoms with Crippen molar-refractivity contribution in [2.45, 2.75) is 19.8 Å². The van der Waals surface area contributed by atoms with E-state index in [0.717, 1.165) is 70.9 Å². The minimum Gasteiger partial charge on any atom is -0.494 e. The van der Waals surface area contributed by atoms with E-state index in [4.69, 9.17) is 14.2 Å². The molecule has 8 nitrogen and oxygen atoms in total. The summed E-state index contributed by atoms with van der Waals surface area (Å²) in [5, 5.41) is 9.49. The molecule has 0 radical (unpaired) electrons. The third-order valence-electron chi connectivity index (χ3n) is 6.06. The van der Waals surface area contributed by atoms with Crippen molar-refractivity contribution < 1.29 is 9.26 Å². The van der Waals surface area contributed by atoms with Crippen LogP contribution in [-0.4, -0.2) is 60.4 Å². The van der Waals surface area contributed by atoms with Crippen LogP contribution in [0.25, 0.3) is 21.9 Å². The summed E-state index contributed by atoms with van der Waals surface area (Å²) in [6.45, 7) is 8.33. The van der Waals surface area contributed by atoms with Crippen LogP contribution in [0.5, 0.6) is 5.75 Å². The van der Waals surface area contributed by atoms with E-state index in [-0.39, 0.29) is 5.92 Å². The summed E-state index contributed by atoms with van der Waals surface area (Å²) in [6.07, 6.45) is 1.83. The molecule has 166 valence electrons.